The van der Waals surface area contributed by atoms with Crippen molar-refractivity contribution in [1.29, 1.82) is 0 Å². The molecule has 0 amide bonds. The first-order chi connectivity index (χ1) is 14.3. The maximum Gasteiger partial charge on any atom is 0.184 e. The highest BCUT2D eigenvalue weighted by Gasteiger charge is 2.45. The average Bonchev–Trinajstić information content (AvgIpc) is 3.45. The number of nitroso groups, excluding NO2 is 1. The Balaban J connectivity index is 1.89. The molecule has 0 aliphatic heterocycles. The number of benzene rings is 2. The number of nitrogens with one attached hydrogen (secondary N) is 2. The van der Waals surface area contributed by atoms with Crippen molar-refractivity contribution >= 4 is 29.0 Å². The minimum absolute atomic E-state index is 0.0196. The Kier molecular flexibility index (Phi) is 6.77. The molecule has 0 heterocycles. The molecule has 1 atom stereocenters. The molecule has 1 aliphatic carbocycles. The zero-order valence-electron chi connectivity index (χ0n) is 16.5. The fourth-order valence-corrected chi connectivity index (χ4v) is 4.17. The molecule has 0 bridgehead atoms. The summed E-state index contributed by atoms with van der Waals surface area (Å²) in [6.45, 7) is 1.50. The monoisotopic (exact) mass is 441 g/mol. The van der Waals surface area contributed by atoms with Crippen LogP contribution < -0.4 is 14.8 Å². The van der Waals surface area contributed by atoms with Crippen LogP contribution in [0.1, 0.15) is 24.8 Å². The van der Waals surface area contributed by atoms with Gasteiger partial charge in [0, 0.05) is 10.8 Å². The maximum atomic E-state index is 14.7. The van der Waals surface area contributed by atoms with E-state index in [-0.39, 0.29) is 34.1 Å². The molecule has 2 aromatic carbocycles. The smallest absolute Gasteiger partial charge is 0.184 e. The molecule has 3 rings (SSSR count). The third kappa shape index (κ3) is 4.99. The van der Waals surface area contributed by atoms with Crippen molar-refractivity contribution < 1.29 is 23.0 Å². The van der Waals surface area contributed by atoms with Crippen molar-refractivity contribution in [2.75, 3.05) is 23.7 Å². The molecule has 0 radical (unpaired) electrons. The molecule has 0 saturated heterocycles. The summed E-state index contributed by atoms with van der Waals surface area (Å²) >= 11 is 1.22. The molecular weight excluding hydrogens is 419 g/mol. The lowest BCUT2D eigenvalue weighted by molar-refractivity contribution is 0.170. The average molecular weight is 441 g/mol. The van der Waals surface area contributed by atoms with Crippen LogP contribution in [0.25, 0.3) is 0 Å². The molecule has 0 spiro atoms. The highest BCUT2D eigenvalue weighted by Crippen LogP contribution is 2.53. The van der Waals surface area contributed by atoms with Gasteiger partial charge >= 0.3 is 0 Å². The second-order valence-corrected chi connectivity index (χ2v) is 8.56. The van der Waals surface area contributed by atoms with Crippen molar-refractivity contribution in [3.05, 3.63) is 52.2 Å². The van der Waals surface area contributed by atoms with E-state index in [1.165, 1.54) is 31.2 Å². The van der Waals surface area contributed by atoms with Gasteiger partial charge in [0.05, 0.1) is 18.9 Å². The molecule has 1 unspecified atom stereocenters. The van der Waals surface area contributed by atoms with E-state index in [1.54, 1.807) is 13.0 Å². The lowest BCUT2D eigenvalue weighted by atomic mass is 10.2. The van der Waals surface area contributed by atoms with E-state index in [2.05, 4.69) is 15.2 Å². The van der Waals surface area contributed by atoms with E-state index in [1.807, 2.05) is 0 Å². The van der Waals surface area contributed by atoms with Crippen molar-refractivity contribution in [3.63, 3.8) is 0 Å². The maximum absolute atomic E-state index is 14.7. The van der Waals surface area contributed by atoms with Crippen LogP contribution in [0.5, 0.6) is 5.75 Å². The normalized spacial score (nSPS) is 15.4. The second-order valence-electron chi connectivity index (χ2n) is 7.29. The Hall–Kier alpha value is -2.46. The molecule has 30 heavy (non-hydrogen) atoms. The lowest BCUT2D eigenvalue weighted by Crippen LogP contribution is -2.20. The van der Waals surface area contributed by atoms with Gasteiger partial charge in [-0.15, -0.1) is 0 Å². The number of aryl methyl sites for hydroxylation is 1. The van der Waals surface area contributed by atoms with Crippen molar-refractivity contribution in [2.45, 2.75) is 37.0 Å². The van der Waals surface area contributed by atoms with E-state index in [4.69, 9.17) is 4.74 Å². The van der Waals surface area contributed by atoms with E-state index in [9.17, 15) is 23.2 Å². The molecule has 162 valence electrons. The first kappa shape index (κ1) is 22.2. The number of aliphatic hydroxyl groups excluding tert-OH is 1. The van der Waals surface area contributed by atoms with Gasteiger partial charge in [0.25, 0.3) is 0 Å². The van der Waals surface area contributed by atoms with Gasteiger partial charge in [-0.3, -0.25) is 0 Å². The number of nitrogens with zero attached hydrogens (tertiary/aromatic N) is 1. The summed E-state index contributed by atoms with van der Waals surface area (Å²) in [5, 5.41) is 15.2. The van der Waals surface area contributed by atoms with Crippen LogP contribution in [0.4, 0.5) is 30.2 Å². The third-order valence-corrected chi connectivity index (χ3v) is 6.17. The minimum Gasteiger partial charge on any atom is -0.494 e. The number of hydrogen-bond acceptors (Lipinski definition) is 7. The van der Waals surface area contributed by atoms with Gasteiger partial charge in [0.2, 0.25) is 0 Å². The van der Waals surface area contributed by atoms with Gasteiger partial charge < -0.3 is 19.9 Å². The minimum atomic E-state index is -1.19. The molecule has 3 N–H and O–H groups in total. The standard InChI is InChI=1S/C20H22F3N3O3S/c1-11-3-4-15(13(21)7-11)25-19-17(23)14(22)8-16(29-2)18(19)26-30-20(5-6-20)9-12(27)10-24-28/h3-4,7-8,12,25-27H,5-6,9-10H2,1-2H3. The summed E-state index contributed by atoms with van der Waals surface area (Å²) in [5.74, 6) is -2.92. The molecular formula is C20H22F3N3O3S. The van der Waals surface area contributed by atoms with Crippen LogP contribution in [0.3, 0.4) is 0 Å². The zero-order valence-corrected chi connectivity index (χ0v) is 17.3. The van der Waals surface area contributed by atoms with Gasteiger partial charge in [-0.05, 0) is 55.8 Å². The van der Waals surface area contributed by atoms with Crippen LogP contribution in [0.2, 0.25) is 0 Å². The fourth-order valence-electron chi connectivity index (χ4n) is 3.07. The number of rotatable bonds is 10. The van der Waals surface area contributed by atoms with Crippen LogP contribution in [-0.2, 0) is 0 Å². The summed E-state index contributed by atoms with van der Waals surface area (Å²) in [6, 6.07) is 5.26. The molecule has 1 saturated carbocycles. The van der Waals surface area contributed by atoms with Gasteiger partial charge in [0.15, 0.2) is 11.6 Å². The first-order valence-electron chi connectivity index (χ1n) is 9.29. The van der Waals surface area contributed by atoms with Crippen LogP contribution in [0, 0.1) is 29.3 Å². The van der Waals surface area contributed by atoms with Crippen molar-refractivity contribution in [2.24, 2.45) is 5.18 Å². The van der Waals surface area contributed by atoms with Crippen molar-refractivity contribution in [3.8, 4) is 5.75 Å². The predicted molar refractivity (Wildman–Crippen MR) is 112 cm³/mol. The summed E-state index contributed by atoms with van der Waals surface area (Å²) in [5.41, 5.74) is 0.473. The van der Waals surface area contributed by atoms with E-state index >= 15 is 0 Å². The van der Waals surface area contributed by atoms with Gasteiger partial charge in [0.1, 0.15) is 29.5 Å². The van der Waals surface area contributed by atoms with E-state index in [0.717, 1.165) is 18.9 Å². The summed E-state index contributed by atoms with van der Waals surface area (Å²) in [6.07, 6.45) is 0.965. The SMILES string of the molecule is COc1cc(F)c(F)c(Nc2ccc(C)cc2F)c1NSC1(CC(O)CN=O)CC1. The summed E-state index contributed by atoms with van der Waals surface area (Å²) in [4.78, 5) is 10.4. The summed E-state index contributed by atoms with van der Waals surface area (Å²) in [7, 11) is 1.31. The fraction of sp³-hybridized carbons (Fsp3) is 0.400. The number of hydrogen-bond donors (Lipinski definition) is 3. The van der Waals surface area contributed by atoms with Crippen LogP contribution in [-0.4, -0.2) is 29.6 Å². The number of ether oxygens (including phenoxy) is 1. The number of halogens is 3. The quantitative estimate of drug-likeness (QED) is 0.344. The largest absolute Gasteiger partial charge is 0.494 e. The topological polar surface area (TPSA) is 82.9 Å². The molecule has 10 heteroatoms. The molecule has 0 aromatic heterocycles. The third-order valence-electron chi connectivity index (χ3n) is 4.86. The highest BCUT2D eigenvalue weighted by molar-refractivity contribution is 8.02. The Morgan fingerprint density at radius 2 is 1.97 bits per heavy atom. The highest BCUT2D eigenvalue weighted by atomic mass is 32.2. The van der Waals surface area contributed by atoms with Gasteiger partial charge in [-0.25, -0.2) is 13.2 Å². The number of anilines is 3. The Morgan fingerprint density at radius 1 is 1.23 bits per heavy atom. The molecule has 1 fully saturated rings. The predicted octanol–water partition coefficient (Wildman–Crippen LogP) is 5.27. The number of aliphatic hydroxyl groups is 1. The zero-order chi connectivity index (χ0) is 21.9. The van der Waals surface area contributed by atoms with Gasteiger partial charge in [-0.1, -0.05) is 11.2 Å². The lowest BCUT2D eigenvalue weighted by Gasteiger charge is -2.22. The van der Waals surface area contributed by atoms with E-state index < -0.39 is 23.6 Å². The molecule has 6 nitrogen and oxygen atoms in total. The molecule has 1 aliphatic rings. The van der Waals surface area contributed by atoms with E-state index in [0.29, 0.717) is 12.0 Å². The van der Waals surface area contributed by atoms with Gasteiger partial charge in [-0.2, -0.15) is 4.91 Å². The first-order valence-corrected chi connectivity index (χ1v) is 10.1. The van der Waals surface area contributed by atoms with Crippen LogP contribution >= 0.6 is 11.9 Å². The Labute approximate surface area is 176 Å². The van der Waals surface area contributed by atoms with Crippen LogP contribution in [0.15, 0.2) is 29.4 Å². The summed E-state index contributed by atoms with van der Waals surface area (Å²) < 4.78 is 50.9. The Morgan fingerprint density at radius 3 is 2.57 bits per heavy atom. The Bertz CT molecular complexity index is 941. The second kappa shape index (κ2) is 9.13. The molecule has 2 aromatic rings. The number of methoxy groups -OCH3 is 1. The van der Waals surface area contributed by atoms with Crippen molar-refractivity contribution in [1.82, 2.24) is 0 Å².